The van der Waals surface area contributed by atoms with Crippen LogP contribution in [0.25, 0.3) is 6.08 Å². The van der Waals surface area contributed by atoms with Crippen LogP contribution in [0.5, 0.6) is 17.2 Å². The molecule has 4 rings (SSSR count). The van der Waals surface area contributed by atoms with E-state index in [0.717, 1.165) is 28.9 Å². The van der Waals surface area contributed by atoms with Crippen LogP contribution < -0.4 is 19.9 Å². The van der Waals surface area contributed by atoms with Crippen molar-refractivity contribution >= 4 is 12.0 Å². The summed E-state index contributed by atoms with van der Waals surface area (Å²) in [5.41, 5.74) is 8.95. The highest BCUT2D eigenvalue weighted by atomic mass is 16.5. The first kappa shape index (κ1) is 24.6. The van der Waals surface area contributed by atoms with E-state index in [0.29, 0.717) is 29.6 Å². The van der Waals surface area contributed by atoms with Gasteiger partial charge in [-0.2, -0.15) is 5.26 Å². The summed E-state index contributed by atoms with van der Waals surface area (Å²) in [6.45, 7) is 4.91. The lowest BCUT2D eigenvalue weighted by Crippen LogP contribution is -2.21. The van der Waals surface area contributed by atoms with Crippen molar-refractivity contribution in [1.29, 1.82) is 5.26 Å². The molecule has 0 aliphatic carbocycles. The number of allylic oxidation sites excluding steroid dienone is 1. The summed E-state index contributed by atoms with van der Waals surface area (Å²) in [5.74, 6) is 1.09. The molecule has 0 saturated heterocycles. The molecule has 1 aliphatic heterocycles. The molecule has 2 N–H and O–H groups in total. The van der Waals surface area contributed by atoms with Gasteiger partial charge >= 0.3 is 5.97 Å². The monoisotopic (exact) mass is 480 g/mol. The number of benzene rings is 3. The molecule has 1 heterocycles. The molecule has 0 radical (unpaired) electrons. The Bertz CT molecular complexity index is 1340. The number of nitrogens with two attached hydrogens (primary N) is 1. The third-order valence-electron chi connectivity index (χ3n) is 5.78. The van der Waals surface area contributed by atoms with Crippen molar-refractivity contribution in [2.75, 3.05) is 6.61 Å². The van der Waals surface area contributed by atoms with E-state index in [1.807, 2.05) is 54.6 Å². The molecule has 0 aromatic heterocycles. The Morgan fingerprint density at radius 1 is 1.08 bits per heavy atom. The van der Waals surface area contributed by atoms with Crippen LogP contribution in [-0.4, -0.2) is 12.6 Å². The van der Waals surface area contributed by atoms with Gasteiger partial charge in [-0.1, -0.05) is 62.4 Å². The van der Waals surface area contributed by atoms with Crippen LogP contribution in [0.2, 0.25) is 0 Å². The number of ether oxygens (including phenoxy) is 3. The molecule has 1 aliphatic rings. The summed E-state index contributed by atoms with van der Waals surface area (Å²) in [6, 6.07) is 24.4. The van der Waals surface area contributed by atoms with Crippen molar-refractivity contribution in [3.05, 3.63) is 107 Å². The molecule has 1 unspecified atom stereocenters. The van der Waals surface area contributed by atoms with E-state index in [2.05, 4.69) is 19.9 Å². The maximum Gasteiger partial charge on any atom is 0.336 e. The van der Waals surface area contributed by atoms with Gasteiger partial charge in [0.2, 0.25) is 5.88 Å². The van der Waals surface area contributed by atoms with E-state index in [4.69, 9.17) is 19.9 Å². The topological polar surface area (TPSA) is 94.6 Å². The number of carbonyl (C=O) groups excluding carboxylic acids is 1. The Balaban J connectivity index is 1.57. The Morgan fingerprint density at radius 3 is 2.64 bits per heavy atom. The number of nitriles is 1. The third-order valence-corrected chi connectivity index (χ3v) is 5.78. The van der Waals surface area contributed by atoms with Gasteiger partial charge in [0.1, 0.15) is 28.9 Å². The molecule has 0 amide bonds. The fourth-order valence-corrected chi connectivity index (χ4v) is 3.92. The number of hydrogen-bond acceptors (Lipinski definition) is 6. The molecule has 1 atom stereocenters. The second kappa shape index (κ2) is 11.3. The number of fused-ring (bicyclic) bond motifs is 1. The third kappa shape index (κ3) is 5.94. The predicted molar refractivity (Wildman–Crippen MR) is 138 cm³/mol. The minimum atomic E-state index is -0.515. The van der Waals surface area contributed by atoms with E-state index in [1.54, 1.807) is 24.3 Å². The quantitative estimate of drug-likeness (QED) is 0.243. The van der Waals surface area contributed by atoms with Crippen LogP contribution in [0.1, 0.15) is 42.9 Å². The van der Waals surface area contributed by atoms with Crippen molar-refractivity contribution in [3.8, 4) is 23.3 Å². The Labute approximate surface area is 211 Å². The van der Waals surface area contributed by atoms with E-state index >= 15 is 0 Å². The molecule has 182 valence electrons. The Hall–Kier alpha value is -4.50. The van der Waals surface area contributed by atoms with Gasteiger partial charge in [-0.3, -0.25) is 0 Å². The van der Waals surface area contributed by atoms with Gasteiger partial charge in [0.05, 0.1) is 12.5 Å². The summed E-state index contributed by atoms with van der Waals surface area (Å²) < 4.78 is 17.1. The standard InChI is InChI=1S/C30H28N2O4/c1-20(2)15-16-34-23-10-6-9-22(17-23)29-25-13-12-24(18-27(25)36-30(32)26(29)19-31)35-28(33)14-11-21-7-4-3-5-8-21/h3-14,17-18,20,29H,15-16,32H2,1-2H3/b14-11+. The van der Waals surface area contributed by atoms with Crippen LogP contribution in [-0.2, 0) is 4.79 Å². The molecule has 0 bridgehead atoms. The fourth-order valence-electron chi connectivity index (χ4n) is 3.92. The van der Waals surface area contributed by atoms with Crippen LogP contribution in [0.4, 0.5) is 0 Å². The lowest BCUT2D eigenvalue weighted by atomic mass is 9.83. The van der Waals surface area contributed by atoms with Crippen LogP contribution >= 0.6 is 0 Å². The van der Waals surface area contributed by atoms with E-state index in [9.17, 15) is 10.1 Å². The molecule has 6 heteroatoms. The fraction of sp³-hybridized carbons (Fsp3) is 0.200. The molecule has 0 fully saturated rings. The first-order chi connectivity index (χ1) is 17.4. The summed E-state index contributed by atoms with van der Waals surface area (Å²) >= 11 is 0. The van der Waals surface area contributed by atoms with E-state index < -0.39 is 11.9 Å². The first-order valence-corrected chi connectivity index (χ1v) is 11.8. The van der Waals surface area contributed by atoms with Gasteiger partial charge in [0.15, 0.2) is 0 Å². The van der Waals surface area contributed by atoms with Crippen molar-refractivity contribution in [3.63, 3.8) is 0 Å². The molecular weight excluding hydrogens is 452 g/mol. The molecule has 0 saturated carbocycles. The zero-order valence-corrected chi connectivity index (χ0v) is 20.3. The SMILES string of the molecule is CC(C)CCOc1cccc(C2C(C#N)=C(N)Oc3cc(OC(=O)/C=C/c4ccccc4)ccc32)c1. The maximum absolute atomic E-state index is 12.3. The van der Waals surface area contributed by atoms with Crippen LogP contribution in [0, 0.1) is 17.2 Å². The average Bonchev–Trinajstić information content (AvgIpc) is 2.87. The van der Waals surface area contributed by atoms with Gasteiger partial charge in [-0.25, -0.2) is 4.79 Å². The number of esters is 1. The number of carbonyl (C=O) groups is 1. The van der Waals surface area contributed by atoms with Crippen molar-refractivity contribution in [1.82, 2.24) is 0 Å². The average molecular weight is 481 g/mol. The van der Waals surface area contributed by atoms with Gasteiger partial charge in [-0.05, 0) is 47.7 Å². The lowest BCUT2D eigenvalue weighted by molar-refractivity contribution is -0.128. The zero-order chi connectivity index (χ0) is 25.5. The van der Waals surface area contributed by atoms with Gasteiger partial charge in [-0.15, -0.1) is 0 Å². The zero-order valence-electron chi connectivity index (χ0n) is 20.3. The second-order valence-corrected chi connectivity index (χ2v) is 8.89. The van der Waals surface area contributed by atoms with E-state index in [-0.39, 0.29) is 5.88 Å². The molecule has 0 spiro atoms. The summed E-state index contributed by atoms with van der Waals surface area (Å²) in [5, 5.41) is 9.84. The highest BCUT2D eigenvalue weighted by Gasteiger charge is 2.31. The minimum absolute atomic E-state index is 0.0218. The normalized spacial score (nSPS) is 14.8. The second-order valence-electron chi connectivity index (χ2n) is 8.89. The summed E-state index contributed by atoms with van der Waals surface area (Å²) in [6.07, 6.45) is 4.00. The van der Waals surface area contributed by atoms with Crippen LogP contribution in [0.15, 0.2) is 90.3 Å². The summed E-state index contributed by atoms with van der Waals surface area (Å²) in [7, 11) is 0. The molecular formula is C30H28N2O4. The Kier molecular flexibility index (Phi) is 7.72. The first-order valence-electron chi connectivity index (χ1n) is 11.8. The van der Waals surface area contributed by atoms with E-state index in [1.165, 1.54) is 6.08 Å². The number of nitrogens with zero attached hydrogens (tertiary/aromatic N) is 1. The molecule has 3 aromatic rings. The minimum Gasteiger partial charge on any atom is -0.494 e. The molecule has 3 aromatic carbocycles. The maximum atomic E-state index is 12.3. The predicted octanol–water partition coefficient (Wildman–Crippen LogP) is 5.95. The lowest BCUT2D eigenvalue weighted by Gasteiger charge is -2.27. The highest BCUT2D eigenvalue weighted by Crippen LogP contribution is 2.44. The molecule has 36 heavy (non-hydrogen) atoms. The molecule has 6 nitrogen and oxygen atoms in total. The smallest absolute Gasteiger partial charge is 0.336 e. The van der Waals surface area contributed by atoms with Crippen LogP contribution in [0.3, 0.4) is 0 Å². The number of hydrogen-bond donors (Lipinski definition) is 1. The van der Waals surface area contributed by atoms with Crippen molar-refractivity contribution in [2.45, 2.75) is 26.2 Å². The largest absolute Gasteiger partial charge is 0.494 e. The van der Waals surface area contributed by atoms with Crippen molar-refractivity contribution < 1.29 is 19.0 Å². The number of rotatable bonds is 8. The van der Waals surface area contributed by atoms with Gasteiger partial charge in [0, 0.05) is 17.7 Å². The van der Waals surface area contributed by atoms with Gasteiger partial charge in [0.25, 0.3) is 0 Å². The highest BCUT2D eigenvalue weighted by molar-refractivity contribution is 5.88. The van der Waals surface area contributed by atoms with Crippen molar-refractivity contribution in [2.24, 2.45) is 11.7 Å². The summed E-state index contributed by atoms with van der Waals surface area (Å²) in [4.78, 5) is 12.3. The van der Waals surface area contributed by atoms with Gasteiger partial charge < -0.3 is 19.9 Å². The Morgan fingerprint density at radius 2 is 1.89 bits per heavy atom.